The van der Waals surface area contributed by atoms with Gasteiger partial charge in [-0.1, -0.05) is 45.8 Å². The number of hydrogen-bond acceptors (Lipinski definition) is 4. The van der Waals surface area contributed by atoms with E-state index in [0.717, 1.165) is 38.5 Å². The Bertz CT molecular complexity index is 593. The van der Waals surface area contributed by atoms with E-state index in [2.05, 4.69) is 49.3 Å². The molecular formula is C27H50ClN3O. The van der Waals surface area contributed by atoms with Crippen molar-refractivity contribution in [2.45, 2.75) is 90.5 Å². The Morgan fingerprint density at radius 2 is 1.97 bits per heavy atom. The van der Waals surface area contributed by atoms with E-state index in [1.54, 1.807) is 5.57 Å². The average molecular weight is 468 g/mol. The van der Waals surface area contributed by atoms with Crippen molar-refractivity contribution >= 4 is 11.6 Å². The molecule has 1 saturated carbocycles. The lowest BCUT2D eigenvalue weighted by Gasteiger charge is -2.47. The topological polar surface area (TPSA) is 47.5 Å². The van der Waals surface area contributed by atoms with Crippen LogP contribution in [0.15, 0.2) is 11.6 Å². The molecule has 4 nitrogen and oxygen atoms in total. The molecule has 32 heavy (non-hydrogen) atoms. The van der Waals surface area contributed by atoms with Gasteiger partial charge < -0.3 is 20.6 Å². The van der Waals surface area contributed by atoms with Crippen LogP contribution in [-0.2, 0) is 0 Å². The number of hydrogen-bond donors (Lipinski definition) is 3. The van der Waals surface area contributed by atoms with Crippen LogP contribution in [0, 0.1) is 29.1 Å². The fourth-order valence-corrected chi connectivity index (χ4v) is 6.67. The van der Waals surface area contributed by atoms with Crippen molar-refractivity contribution in [3.63, 3.8) is 0 Å². The van der Waals surface area contributed by atoms with Crippen molar-refractivity contribution in [1.82, 2.24) is 15.5 Å². The number of rotatable bonds is 10. The van der Waals surface area contributed by atoms with Gasteiger partial charge in [0.05, 0.1) is 0 Å². The highest BCUT2D eigenvalue weighted by molar-refractivity contribution is 6.20. The molecule has 5 heteroatoms. The maximum absolute atomic E-state index is 9.46. The van der Waals surface area contributed by atoms with E-state index in [1.807, 2.05) is 0 Å². The molecule has 3 aliphatic rings. The van der Waals surface area contributed by atoms with E-state index in [4.69, 9.17) is 11.6 Å². The van der Waals surface area contributed by atoms with Crippen molar-refractivity contribution in [2.75, 3.05) is 39.5 Å². The van der Waals surface area contributed by atoms with Crippen molar-refractivity contribution in [3.05, 3.63) is 11.6 Å². The number of halogens is 1. The first-order chi connectivity index (χ1) is 15.3. The first-order valence-electron chi connectivity index (χ1n) is 13.4. The van der Waals surface area contributed by atoms with Crippen LogP contribution in [0.4, 0.5) is 0 Å². The highest BCUT2D eigenvalue weighted by Gasteiger charge is 2.38. The fourth-order valence-electron chi connectivity index (χ4n) is 6.47. The van der Waals surface area contributed by atoms with Crippen molar-refractivity contribution in [1.29, 1.82) is 0 Å². The fraction of sp³-hybridized carbons (Fsp3) is 0.926. The van der Waals surface area contributed by atoms with E-state index in [-0.39, 0.29) is 0 Å². The third-order valence-electron chi connectivity index (χ3n) is 8.47. The quantitative estimate of drug-likeness (QED) is 0.183. The first kappa shape index (κ1) is 26.5. The van der Waals surface area contributed by atoms with Gasteiger partial charge in [0, 0.05) is 37.8 Å². The second kappa shape index (κ2) is 12.5. The number of nitrogens with one attached hydrogen (secondary N) is 2. The van der Waals surface area contributed by atoms with Gasteiger partial charge in [0.25, 0.3) is 0 Å². The molecule has 2 aliphatic carbocycles. The maximum Gasteiger partial charge on any atom is 0.0459 e. The Morgan fingerprint density at radius 3 is 2.62 bits per heavy atom. The van der Waals surface area contributed by atoms with Crippen LogP contribution >= 0.6 is 11.6 Å². The zero-order valence-electron chi connectivity index (χ0n) is 21.2. The van der Waals surface area contributed by atoms with E-state index in [9.17, 15) is 5.11 Å². The summed E-state index contributed by atoms with van der Waals surface area (Å²) in [5.74, 6) is 2.59. The molecule has 3 rings (SSSR count). The lowest BCUT2D eigenvalue weighted by molar-refractivity contribution is 0.0595. The van der Waals surface area contributed by atoms with E-state index < -0.39 is 0 Å². The average Bonchev–Trinajstić information content (AvgIpc) is 2.76. The van der Waals surface area contributed by atoms with Gasteiger partial charge >= 0.3 is 0 Å². The van der Waals surface area contributed by atoms with Crippen molar-refractivity contribution < 1.29 is 5.11 Å². The molecule has 0 aromatic heterocycles. The summed E-state index contributed by atoms with van der Waals surface area (Å²) in [6, 6.07) is 0.511. The molecule has 0 aromatic rings. The van der Waals surface area contributed by atoms with Gasteiger partial charge in [-0.25, -0.2) is 0 Å². The third-order valence-corrected chi connectivity index (χ3v) is 8.87. The number of alkyl halides is 1. The number of likely N-dealkylation sites (tertiary alicyclic amines) is 1. The molecule has 0 aromatic carbocycles. The summed E-state index contributed by atoms with van der Waals surface area (Å²) in [6.45, 7) is 15.5. The van der Waals surface area contributed by atoms with E-state index >= 15 is 0 Å². The minimum atomic E-state index is 0.327. The number of piperidine rings is 1. The Hall–Kier alpha value is -0.130. The van der Waals surface area contributed by atoms with Crippen LogP contribution in [0.1, 0.15) is 79.1 Å². The predicted molar refractivity (Wildman–Crippen MR) is 137 cm³/mol. The van der Waals surface area contributed by atoms with Gasteiger partial charge in [0.1, 0.15) is 0 Å². The molecule has 4 unspecified atom stereocenters. The van der Waals surface area contributed by atoms with Crippen molar-refractivity contribution in [3.8, 4) is 0 Å². The zero-order valence-corrected chi connectivity index (χ0v) is 22.0. The summed E-state index contributed by atoms with van der Waals surface area (Å²) in [6.07, 6.45) is 12.1. The summed E-state index contributed by atoms with van der Waals surface area (Å²) in [5.41, 5.74) is 2.01. The molecular weight excluding hydrogens is 418 g/mol. The number of nitrogens with zero attached hydrogens (tertiary/aromatic N) is 1. The summed E-state index contributed by atoms with van der Waals surface area (Å²) in [5, 5.41) is 17.3. The van der Waals surface area contributed by atoms with E-state index in [1.165, 1.54) is 51.6 Å². The van der Waals surface area contributed by atoms with Gasteiger partial charge in [-0.3, -0.25) is 0 Å². The maximum atomic E-state index is 9.46. The number of aliphatic hydroxyl groups excluding tert-OH is 1. The molecule has 0 bridgehead atoms. The van der Waals surface area contributed by atoms with Crippen LogP contribution in [0.5, 0.6) is 0 Å². The minimum absolute atomic E-state index is 0.327. The molecule has 1 heterocycles. The smallest absolute Gasteiger partial charge is 0.0459 e. The van der Waals surface area contributed by atoms with Crippen LogP contribution in [0.25, 0.3) is 0 Å². The van der Waals surface area contributed by atoms with Gasteiger partial charge in [-0.2, -0.15) is 0 Å². The van der Waals surface area contributed by atoms with Crippen molar-refractivity contribution in [2.24, 2.45) is 29.1 Å². The highest BCUT2D eigenvalue weighted by atomic mass is 35.5. The van der Waals surface area contributed by atoms with Crippen LogP contribution < -0.4 is 10.6 Å². The Labute approximate surface area is 202 Å². The Balaban J connectivity index is 1.43. The monoisotopic (exact) mass is 467 g/mol. The van der Waals surface area contributed by atoms with Crippen LogP contribution in [-0.4, -0.2) is 60.9 Å². The molecule has 2 fully saturated rings. The van der Waals surface area contributed by atoms with Gasteiger partial charge in [0.15, 0.2) is 0 Å². The normalized spacial score (nSPS) is 32.7. The summed E-state index contributed by atoms with van der Waals surface area (Å²) >= 11 is 6.34. The molecule has 3 N–H and O–H groups in total. The lowest BCUT2D eigenvalue weighted by Crippen LogP contribution is -2.53. The van der Waals surface area contributed by atoms with Gasteiger partial charge in [-0.05, 0) is 87.1 Å². The molecule has 5 atom stereocenters. The van der Waals surface area contributed by atoms with E-state index in [0.29, 0.717) is 41.2 Å². The molecule has 1 saturated heterocycles. The predicted octanol–water partition coefficient (Wildman–Crippen LogP) is 5.01. The summed E-state index contributed by atoms with van der Waals surface area (Å²) in [7, 11) is 0. The second-order valence-electron chi connectivity index (χ2n) is 12.0. The molecule has 0 amide bonds. The molecule has 186 valence electrons. The number of aliphatic hydroxyl groups is 1. The first-order valence-corrected chi connectivity index (χ1v) is 13.8. The molecule has 1 aliphatic heterocycles. The summed E-state index contributed by atoms with van der Waals surface area (Å²) in [4.78, 5) is 2.70. The standard InChI is InChI=1S/C27H50ClN3O/c1-20(2)26(30-19-29-15-21-6-5-7-22(14-21)17-32)16-31-13-12-25(27(3,4)18-31)23-8-10-24(28)11-9-23/h8,20-22,24-26,29-30,32H,5-7,9-19H2,1-4H3/t21?,22?,24?,25?,26-/m0/s1. The largest absolute Gasteiger partial charge is 0.396 e. The lowest BCUT2D eigenvalue weighted by atomic mass is 9.68. The Kier molecular flexibility index (Phi) is 10.4. The van der Waals surface area contributed by atoms with Gasteiger partial charge in [0.2, 0.25) is 0 Å². The SMILES string of the molecule is CC(C)[C@H](CN1CCC(C2=CCC(Cl)CC2)C(C)(C)C1)NCNCC1CCCC(CO)C1. The number of allylic oxidation sites excluding steroid dienone is 2. The molecule has 0 spiro atoms. The Morgan fingerprint density at radius 1 is 1.19 bits per heavy atom. The summed E-state index contributed by atoms with van der Waals surface area (Å²) < 4.78 is 0. The zero-order chi connectivity index (χ0) is 23.1. The minimum Gasteiger partial charge on any atom is -0.396 e. The third kappa shape index (κ3) is 7.70. The van der Waals surface area contributed by atoms with Gasteiger partial charge in [-0.15, -0.1) is 11.6 Å². The van der Waals surface area contributed by atoms with Crippen LogP contribution in [0.3, 0.4) is 0 Å². The van der Waals surface area contributed by atoms with Crippen LogP contribution in [0.2, 0.25) is 0 Å². The second-order valence-corrected chi connectivity index (χ2v) is 12.6. The highest BCUT2D eigenvalue weighted by Crippen LogP contribution is 2.43. The molecule has 0 radical (unpaired) electrons.